The zero-order valence-corrected chi connectivity index (χ0v) is 18.6. The summed E-state index contributed by atoms with van der Waals surface area (Å²) < 4.78 is 40.1. The van der Waals surface area contributed by atoms with Gasteiger partial charge in [-0.3, -0.25) is 4.79 Å². The fourth-order valence-corrected chi connectivity index (χ4v) is 5.20. The molecule has 164 valence electrons. The van der Waals surface area contributed by atoms with Crippen LogP contribution in [0.5, 0.6) is 0 Å². The Kier molecular flexibility index (Phi) is 6.72. The summed E-state index contributed by atoms with van der Waals surface area (Å²) in [5.41, 5.74) is 0.506. The molecular formula is C20H33N3O5S. The fraction of sp³-hybridized carbons (Fsp3) is 0.750. The molecule has 1 amide bonds. The average molecular weight is 428 g/mol. The molecule has 0 bridgehead atoms. The number of nitrogens with one attached hydrogen (secondary N) is 1. The minimum absolute atomic E-state index is 0.0894. The molecule has 3 rings (SSSR count). The maximum atomic E-state index is 12.6. The van der Waals surface area contributed by atoms with Crippen LogP contribution in [-0.2, 0) is 25.0 Å². The third kappa shape index (κ3) is 5.39. The van der Waals surface area contributed by atoms with E-state index in [4.69, 9.17) is 9.47 Å². The highest BCUT2D eigenvalue weighted by atomic mass is 32.2. The van der Waals surface area contributed by atoms with Crippen molar-refractivity contribution in [2.45, 2.75) is 64.3 Å². The molecule has 2 saturated heterocycles. The Hall–Kier alpha value is -1.42. The van der Waals surface area contributed by atoms with E-state index in [0.717, 1.165) is 6.42 Å². The summed E-state index contributed by atoms with van der Waals surface area (Å²) in [7, 11) is -3.27. The monoisotopic (exact) mass is 427 g/mol. The van der Waals surface area contributed by atoms with E-state index in [1.807, 2.05) is 23.9 Å². The second kappa shape index (κ2) is 8.75. The number of fused-ring (bicyclic) bond motifs is 1. The molecule has 0 aromatic carbocycles. The smallest absolute Gasteiger partial charge is 0.253 e. The van der Waals surface area contributed by atoms with Gasteiger partial charge in [-0.05, 0) is 33.3 Å². The first-order valence-corrected chi connectivity index (χ1v) is 11.9. The highest BCUT2D eigenvalue weighted by Gasteiger charge is 2.42. The largest absolute Gasteiger partial charge is 0.372 e. The zero-order chi connectivity index (χ0) is 21.2. The van der Waals surface area contributed by atoms with Crippen molar-refractivity contribution in [3.8, 4) is 0 Å². The Labute approximate surface area is 173 Å². The third-order valence-corrected chi connectivity index (χ3v) is 7.31. The number of ether oxygens (including phenoxy) is 2. The van der Waals surface area contributed by atoms with E-state index in [0.29, 0.717) is 38.3 Å². The van der Waals surface area contributed by atoms with E-state index < -0.39 is 10.0 Å². The van der Waals surface area contributed by atoms with Crippen LogP contribution in [0.3, 0.4) is 0 Å². The molecule has 2 aliphatic rings. The molecule has 0 spiro atoms. The number of carbonyl (C=O) groups is 1. The highest BCUT2D eigenvalue weighted by molar-refractivity contribution is 7.89. The molecular weight excluding hydrogens is 394 g/mol. The number of sulfonamides is 1. The van der Waals surface area contributed by atoms with Crippen LogP contribution in [0, 0.1) is 0 Å². The number of carbonyl (C=O) groups excluding carboxylic acids is 1. The van der Waals surface area contributed by atoms with Crippen molar-refractivity contribution in [3.63, 3.8) is 0 Å². The Morgan fingerprint density at radius 1 is 1.21 bits per heavy atom. The van der Waals surface area contributed by atoms with Crippen molar-refractivity contribution in [1.29, 1.82) is 0 Å². The molecule has 29 heavy (non-hydrogen) atoms. The van der Waals surface area contributed by atoms with Gasteiger partial charge in [-0.1, -0.05) is 13.3 Å². The van der Waals surface area contributed by atoms with Crippen molar-refractivity contribution in [2.75, 3.05) is 32.1 Å². The molecule has 0 aliphatic carbocycles. The van der Waals surface area contributed by atoms with Crippen LogP contribution in [0.2, 0.25) is 0 Å². The van der Waals surface area contributed by atoms with E-state index in [1.165, 1.54) is 4.31 Å². The first-order chi connectivity index (χ1) is 13.6. The maximum absolute atomic E-state index is 12.6. The van der Waals surface area contributed by atoms with Gasteiger partial charge in [0.2, 0.25) is 10.0 Å². The lowest BCUT2D eigenvalue weighted by Crippen LogP contribution is -2.41. The van der Waals surface area contributed by atoms with E-state index in [9.17, 15) is 13.2 Å². The van der Waals surface area contributed by atoms with Gasteiger partial charge < -0.3 is 19.4 Å². The van der Waals surface area contributed by atoms with E-state index >= 15 is 0 Å². The number of hydrogen-bond donors (Lipinski definition) is 1. The van der Waals surface area contributed by atoms with Crippen LogP contribution in [0.1, 0.15) is 50.9 Å². The second-order valence-electron chi connectivity index (χ2n) is 8.88. The van der Waals surface area contributed by atoms with Gasteiger partial charge in [-0.2, -0.15) is 4.31 Å². The van der Waals surface area contributed by atoms with Gasteiger partial charge >= 0.3 is 0 Å². The lowest BCUT2D eigenvalue weighted by molar-refractivity contribution is -0.00461. The van der Waals surface area contributed by atoms with Crippen LogP contribution in [0.15, 0.2) is 18.5 Å². The molecule has 2 atom stereocenters. The van der Waals surface area contributed by atoms with Crippen molar-refractivity contribution >= 4 is 15.9 Å². The van der Waals surface area contributed by atoms with Gasteiger partial charge in [0.25, 0.3) is 5.91 Å². The van der Waals surface area contributed by atoms with E-state index in [1.54, 1.807) is 6.07 Å². The van der Waals surface area contributed by atoms with Gasteiger partial charge in [0.15, 0.2) is 0 Å². The van der Waals surface area contributed by atoms with Gasteiger partial charge in [-0.25, -0.2) is 8.42 Å². The normalized spacial score (nSPS) is 24.3. The number of amides is 1. The topological polar surface area (TPSA) is 89.9 Å². The summed E-state index contributed by atoms with van der Waals surface area (Å²) in [4.78, 5) is 12.6. The van der Waals surface area contributed by atoms with Crippen LogP contribution in [0.25, 0.3) is 0 Å². The number of hydrogen-bond acceptors (Lipinski definition) is 5. The summed E-state index contributed by atoms with van der Waals surface area (Å²) >= 11 is 0. The molecule has 8 nitrogen and oxygen atoms in total. The quantitative estimate of drug-likeness (QED) is 0.744. The Bertz CT molecular complexity index is 798. The molecule has 0 unspecified atom stereocenters. The molecule has 1 N–H and O–H groups in total. The number of aromatic nitrogens is 1. The van der Waals surface area contributed by atoms with Gasteiger partial charge in [0.1, 0.15) is 0 Å². The molecule has 0 saturated carbocycles. The first kappa shape index (κ1) is 22.3. The number of nitrogens with zero attached hydrogens (tertiary/aromatic N) is 2. The molecule has 2 fully saturated rings. The predicted molar refractivity (Wildman–Crippen MR) is 110 cm³/mol. The molecule has 3 heterocycles. The summed E-state index contributed by atoms with van der Waals surface area (Å²) in [6, 6.07) is 1.53. The molecule has 1 aromatic rings. The standard InChI is InChI=1S/C20H33N3O5S/c1-5-6-9-29(25,26)23-11-17-18(12-23)28-14-16(13-27-17)21-19(24)15-7-8-22(10-15)20(2,3)4/h7-8,10,16-18H,5-6,9,11-14H2,1-4H3,(H,21,24)/t17-,18-/m0/s1. The SMILES string of the molecule is CCCCS(=O)(=O)N1C[C@@H]2OCC(NC(=O)c3ccn(C(C)(C)C)c3)CO[C@H]2C1. The van der Waals surface area contributed by atoms with Gasteiger partial charge in [-0.15, -0.1) is 0 Å². The Balaban J connectivity index is 1.53. The predicted octanol–water partition coefficient (Wildman–Crippen LogP) is 1.57. The number of rotatable bonds is 6. The van der Waals surface area contributed by atoms with Crippen LogP contribution in [0.4, 0.5) is 0 Å². The van der Waals surface area contributed by atoms with Gasteiger partial charge in [0.05, 0.1) is 42.8 Å². The lowest BCUT2D eigenvalue weighted by atomic mass is 10.1. The van der Waals surface area contributed by atoms with Crippen molar-refractivity contribution in [1.82, 2.24) is 14.2 Å². The highest BCUT2D eigenvalue weighted by Crippen LogP contribution is 2.23. The summed E-state index contributed by atoms with van der Waals surface area (Å²) in [6.45, 7) is 9.43. The molecule has 0 radical (unpaired) electrons. The first-order valence-electron chi connectivity index (χ1n) is 10.3. The van der Waals surface area contributed by atoms with Crippen LogP contribution in [-0.4, -0.2) is 73.5 Å². The minimum atomic E-state index is -3.27. The minimum Gasteiger partial charge on any atom is -0.372 e. The van der Waals surface area contributed by atoms with E-state index in [2.05, 4.69) is 26.1 Å². The molecule has 1 aromatic heterocycles. The number of unbranched alkanes of at least 4 members (excludes halogenated alkanes) is 1. The van der Waals surface area contributed by atoms with Crippen molar-refractivity contribution in [3.05, 3.63) is 24.0 Å². The fourth-order valence-electron chi connectivity index (χ4n) is 3.54. The Morgan fingerprint density at radius 3 is 2.34 bits per heavy atom. The summed E-state index contributed by atoms with van der Waals surface area (Å²) in [5.74, 6) is -0.00318. The zero-order valence-electron chi connectivity index (χ0n) is 17.8. The molecule has 2 aliphatic heterocycles. The Morgan fingerprint density at radius 2 is 1.83 bits per heavy atom. The summed E-state index contributed by atoms with van der Waals surface area (Å²) in [5, 5.41) is 2.96. The van der Waals surface area contributed by atoms with Crippen LogP contribution >= 0.6 is 0 Å². The summed E-state index contributed by atoms with van der Waals surface area (Å²) in [6.07, 6.45) is 4.63. The van der Waals surface area contributed by atoms with Crippen LogP contribution < -0.4 is 5.32 Å². The third-order valence-electron chi connectivity index (χ3n) is 5.42. The maximum Gasteiger partial charge on any atom is 0.253 e. The molecule has 9 heteroatoms. The van der Waals surface area contributed by atoms with E-state index in [-0.39, 0.29) is 35.4 Å². The second-order valence-corrected chi connectivity index (χ2v) is 11.0. The lowest BCUT2D eigenvalue weighted by Gasteiger charge is -2.21. The van der Waals surface area contributed by atoms with Crippen molar-refractivity contribution < 1.29 is 22.7 Å². The van der Waals surface area contributed by atoms with Crippen molar-refractivity contribution in [2.24, 2.45) is 0 Å². The average Bonchev–Trinajstić information content (AvgIpc) is 3.26. The van der Waals surface area contributed by atoms with Gasteiger partial charge in [0, 0.05) is 31.0 Å².